The number of hydrazone groups is 1. The van der Waals surface area contributed by atoms with Crippen LogP contribution in [0.3, 0.4) is 0 Å². The summed E-state index contributed by atoms with van der Waals surface area (Å²) in [7, 11) is -4.07. The highest BCUT2D eigenvalue weighted by Gasteiger charge is 2.34. The summed E-state index contributed by atoms with van der Waals surface area (Å²) in [6.45, 7) is -0.770. The number of rotatable bonds is 6. The van der Waals surface area contributed by atoms with Crippen molar-refractivity contribution < 1.29 is 26.4 Å². The van der Waals surface area contributed by atoms with Crippen molar-refractivity contribution in [1.82, 2.24) is 5.43 Å². The summed E-state index contributed by atoms with van der Waals surface area (Å²) in [5.41, 5.74) is 1.24. The molecule has 0 bridgehead atoms. The highest BCUT2D eigenvalue weighted by Crippen LogP contribution is 2.37. The lowest BCUT2D eigenvalue weighted by Crippen LogP contribution is -2.39. The van der Waals surface area contributed by atoms with Crippen LogP contribution < -0.4 is 9.73 Å². The van der Waals surface area contributed by atoms with E-state index in [-0.39, 0.29) is 5.69 Å². The molecule has 12 heteroatoms. The van der Waals surface area contributed by atoms with Gasteiger partial charge in [0.1, 0.15) is 6.54 Å². The Kier molecular flexibility index (Phi) is 7.30. The summed E-state index contributed by atoms with van der Waals surface area (Å²) < 4.78 is 64.5. The predicted molar refractivity (Wildman–Crippen MR) is 109 cm³/mol. The molecule has 2 aromatic carbocycles. The van der Waals surface area contributed by atoms with Crippen molar-refractivity contribution in [2.24, 2.45) is 5.10 Å². The van der Waals surface area contributed by atoms with Crippen molar-refractivity contribution in [3.63, 3.8) is 0 Å². The fourth-order valence-electron chi connectivity index (χ4n) is 2.22. The molecule has 0 aliphatic heterocycles. The van der Waals surface area contributed by atoms with E-state index < -0.39 is 39.2 Å². The van der Waals surface area contributed by atoms with Crippen molar-refractivity contribution in [3.8, 4) is 0 Å². The van der Waals surface area contributed by atoms with E-state index in [0.717, 1.165) is 22.9 Å². The largest absolute Gasteiger partial charge is 0.417 e. The monoisotopic (exact) mass is 511 g/mol. The Morgan fingerprint density at radius 2 is 1.97 bits per heavy atom. The van der Waals surface area contributed by atoms with Crippen LogP contribution in [0.1, 0.15) is 11.1 Å². The van der Waals surface area contributed by atoms with Crippen molar-refractivity contribution in [1.29, 1.82) is 0 Å². The molecule has 0 aromatic heterocycles. The molecule has 0 spiro atoms. The van der Waals surface area contributed by atoms with Gasteiger partial charge >= 0.3 is 6.18 Å². The second-order valence-electron chi connectivity index (χ2n) is 5.78. The number of carbonyl (C=O) groups is 1. The third-order valence-electron chi connectivity index (χ3n) is 3.48. The summed E-state index contributed by atoms with van der Waals surface area (Å²) in [5, 5.41) is 3.13. The summed E-state index contributed by atoms with van der Waals surface area (Å²) in [6.07, 6.45) is -2.68. The van der Waals surface area contributed by atoms with Crippen molar-refractivity contribution in [3.05, 3.63) is 63.1 Å². The first-order valence-corrected chi connectivity index (χ1v) is 10.8. The molecule has 0 aliphatic rings. The molecule has 1 N–H and O–H groups in total. The normalized spacial score (nSPS) is 12.2. The van der Waals surface area contributed by atoms with E-state index in [4.69, 9.17) is 11.6 Å². The zero-order valence-corrected chi connectivity index (χ0v) is 17.9. The standard InChI is InChI=1S/C17H14BrClF3N3O3S/c1-29(27,28)25(13-5-6-15(19)14(8-13)17(20,21)22)10-16(26)24-23-9-11-3-2-4-12(18)7-11/h2-9H,10H2,1H3,(H,24,26)/b23-9-. The van der Waals surface area contributed by atoms with Crippen molar-refractivity contribution >= 4 is 55.4 Å². The van der Waals surface area contributed by atoms with Gasteiger partial charge in [0.25, 0.3) is 5.91 Å². The van der Waals surface area contributed by atoms with E-state index in [1.165, 1.54) is 6.21 Å². The number of carbonyl (C=O) groups excluding carboxylic acids is 1. The van der Waals surface area contributed by atoms with Gasteiger partial charge in [-0.05, 0) is 35.9 Å². The average molecular weight is 513 g/mol. The molecule has 0 radical (unpaired) electrons. The summed E-state index contributed by atoms with van der Waals surface area (Å²) >= 11 is 8.83. The van der Waals surface area contributed by atoms with Crippen LogP contribution in [0.25, 0.3) is 0 Å². The molecule has 0 saturated heterocycles. The molecular formula is C17H14BrClF3N3O3S. The maximum Gasteiger partial charge on any atom is 0.417 e. The predicted octanol–water partition coefficient (Wildman–Crippen LogP) is 4.04. The molecule has 0 saturated carbocycles. The second kappa shape index (κ2) is 9.14. The minimum Gasteiger partial charge on any atom is -0.271 e. The van der Waals surface area contributed by atoms with Gasteiger partial charge in [0.15, 0.2) is 0 Å². The zero-order valence-electron chi connectivity index (χ0n) is 14.7. The van der Waals surface area contributed by atoms with Crippen molar-refractivity contribution in [2.75, 3.05) is 17.1 Å². The van der Waals surface area contributed by atoms with Crippen LogP contribution in [0.15, 0.2) is 52.0 Å². The second-order valence-corrected chi connectivity index (χ2v) is 9.01. The number of hydrogen-bond donors (Lipinski definition) is 1. The Labute approximate surface area is 178 Å². The highest BCUT2D eigenvalue weighted by atomic mass is 79.9. The Morgan fingerprint density at radius 1 is 1.28 bits per heavy atom. The number of nitrogens with zero attached hydrogens (tertiary/aromatic N) is 2. The molecule has 0 atom stereocenters. The van der Waals surface area contributed by atoms with Crippen LogP contribution in [0.5, 0.6) is 0 Å². The average Bonchev–Trinajstić information content (AvgIpc) is 2.58. The maximum atomic E-state index is 13.1. The van der Waals surface area contributed by atoms with Crippen LogP contribution in [0, 0.1) is 0 Å². The van der Waals surface area contributed by atoms with Crippen LogP contribution in [-0.2, 0) is 21.0 Å². The van der Waals surface area contributed by atoms with Gasteiger partial charge in [0, 0.05) is 4.47 Å². The van der Waals surface area contributed by atoms with Gasteiger partial charge < -0.3 is 0 Å². The Balaban J connectivity index is 2.21. The first kappa shape index (κ1) is 23.2. The number of sulfonamides is 1. The summed E-state index contributed by atoms with van der Waals surface area (Å²) in [5.74, 6) is -0.842. The van der Waals surface area contributed by atoms with Gasteiger partial charge in [0.05, 0.1) is 28.7 Å². The molecule has 0 heterocycles. The fourth-order valence-corrected chi connectivity index (χ4v) is 3.71. The lowest BCUT2D eigenvalue weighted by Gasteiger charge is -2.22. The van der Waals surface area contributed by atoms with Crippen LogP contribution in [0.4, 0.5) is 18.9 Å². The minimum atomic E-state index is -4.78. The van der Waals surface area contributed by atoms with Gasteiger partial charge in [-0.3, -0.25) is 9.10 Å². The summed E-state index contributed by atoms with van der Waals surface area (Å²) in [6, 6.07) is 9.55. The van der Waals surface area contributed by atoms with Crippen LogP contribution >= 0.6 is 27.5 Å². The minimum absolute atomic E-state index is 0.352. The number of halogens is 5. The maximum absolute atomic E-state index is 13.1. The van der Waals surface area contributed by atoms with Gasteiger partial charge in [0.2, 0.25) is 10.0 Å². The molecule has 2 aromatic rings. The van der Waals surface area contributed by atoms with Gasteiger partial charge in [-0.1, -0.05) is 39.7 Å². The first-order chi connectivity index (χ1) is 13.4. The van der Waals surface area contributed by atoms with Gasteiger partial charge in [-0.15, -0.1) is 0 Å². The van der Waals surface area contributed by atoms with E-state index >= 15 is 0 Å². The Morgan fingerprint density at radius 3 is 2.55 bits per heavy atom. The molecule has 156 valence electrons. The fraction of sp³-hybridized carbons (Fsp3) is 0.176. The smallest absolute Gasteiger partial charge is 0.271 e. The third kappa shape index (κ3) is 6.72. The first-order valence-electron chi connectivity index (χ1n) is 7.80. The highest BCUT2D eigenvalue weighted by molar-refractivity contribution is 9.10. The molecule has 6 nitrogen and oxygen atoms in total. The Bertz CT molecular complexity index is 1050. The van der Waals surface area contributed by atoms with E-state index in [1.54, 1.807) is 24.3 Å². The number of benzene rings is 2. The van der Waals surface area contributed by atoms with Crippen LogP contribution in [-0.4, -0.2) is 33.3 Å². The lowest BCUT2D eigenvalue weighted by molar-refractivity contribution is -0.137. The molecule has 0 unspecified atom stereocenters. The molecular weight excluding hydrogens is 499 g/mol. The van der Waals surface area contributed by atoms with Crippen molar-refractivity contribution in [2.45, 2.75) is 6.18 Å². The summed E-state index contributed by atoms with van der Waals surface area (Å²) in [4.78, 5) is 12.1. The number of hydrogen-bond acceptors (Lipinski definition) is 4. The van der Waals surface area contributed by atoms with Gasteiger partial charge in [-0.2, -0.15) is 18.3 Å². The lowest BCUT2D eigenvalue weighted by atomic mass is 10.2. The molecule has 0 aliphatic carbocycles. The van der Waals surface area contributed by atoms with E-state index in [2.05, 4.69) is 26.5 Å². The van der Waals surface area contributed by atoms with E-state index in [9.17, 15) is 26.4 Å². The molecule has 0 fully saturated rings. The van der Waals surface area contributed by atoms with Crippen LogP contribution in [0.2, 0.25) is 5.02 Å². The van der Waals surface area contributed by atoms with E-state index in [0.29, 0.717) is 15.9 Å². The topological polar surface area (TPSA) is 78.8 Å². The zero-order chi connectivity index (χ0) is 21.8. The van der Waals surface area contributed by atoms with E-state index in [1.807, 2.05) is 0 Å². The molecule has 1 amide bonds. The van der Waals surface area contributed by atoms with Gasteiger partial charge in [-0.25, -0.2) is 13.8 Å². The number of nitrogens with one attached hydrogen (secondary N) is 1. The number of amides is 1. The number of anilines is 1. The quantitative estimate of drug-likeness (QED) is 0.469. The molecule has 29 heavy (non-hydrogen) atoms. The molecule has 2 rings (SSSR count). The SMILES string of the molecule is CS(=O)(=O)N(CC(=O)N/N=C\c1cccc(Br)c1)c1ccc(Cl)c(C(F)(F)F)c1. The third-order valence-corrected chi connectivity index (χ3v) is 5.45. The Hall–Kier alpha value is -2.11. The number of alkyl halides is 3.